The molecule has 1 aromatic heterocycles. The number of para-hydroxylation sites is 1. The van der Waals surface area contributed by atoms with E-state index in [4.69, 9.17) is 4.74 Å². The zero-order valence-corrected chi connectivity index (χ0v) is 12.9. The highest BCUT2D eigenvalue weighted by Gasteiger charge is 2.14. The summed E-state index contributed by atoms with van der Waals surface area (Å²) in [5.74, 6) is 0.650. The normalized spacial score (nSPS) is 18.5. The van der Waals surface area contributed by atoms with Crippen LogP contribution in [0, 0.1) is 5.92 Å². The number of aromatic amines is 1. The van der Waals surface area contributed by atoms with Crippen molar-refractivity contribution in [3.05, 3.63) is 36.0 Å². The number of carbonyl (C=O) groups is 1. The van der Waals surface area contributed by atoms with E-state index < -0.39 is 0 Å². The van der Waals surface area contributed by atoms with E-state index in [1.165, 1.54) is 16.5 Å². The van der Waals surface area contributed by atoms with Gasteiger partial charge in [-0.3, -0.25) is 4.79 Å². The monoisotopic (exact) mass is 300 g/mol. The third-order valence-corrected chi connectivity index (χ3v) is 4.37. The maximum Gasteiger partial charge on any atom is 0.220 e. The van der Waals surface area contributed by atoms with Crippen molar-refractivity contribution < 1.29 is 9.53 Å². The lowest BCUT2D eigenvalue weighted by Gasteiger charge is -2.22. The first-order valence-corrected chi connectivity index (χ1v) is 8.22. The quantitative estimate of drug-likeness (QED) is 0.861. The van der Waals surface area contributed by atoms with Crippen LogP contribution in [0.25, 0.3) is 10.9 Å². The number of H-pyrrole nitrogens is 1. The van der Waals surface area contributed by atoms with Crippen LogP contribution < -0.4 is 5.32 Å². The lowest BCUT2D eigenvalue weighted by molar-refractivity contribution is -0.121. The van der Waals surface area contributed by atoms with E-state index in [-0.39, 0.29) is 5.91 Å². The van der Waals surface area contributed by atoms with Crippen LogP contribution in [0.2, 0.25) is 0 Å². The highest BCUT2D eigenvalue weighted by Crippen LogP contribution is 2.19. The number of rotatable bonds is 6. The van der Waals surface area contributed by atoms with Gasteiger partial charge < -0.3 is 15.0 Å². The number of benzene rings is 1. The summed E-state index contributed by atoms with van der Waals surface area (Å²) in [6.07, 6.45) is 6.74. The molecule has 0 spiro atoms. The maximum atomic E-state index is 11.9. The second kappa shape index (κ2) is 7.45. The van der Waals surface area contributed by atoms with E-state index in [1.54, 1.807) is 0 Å². The molecule has 4 heteroatoms. The molecule has 1 aliphatic rings. The van der Waals surface area contributed by atoms with E-state index in [0.29, 0.717) is 12.3 Å². The number of hydrogen-bond acceptors (Lipinski definition) is 2. The molecule has 3 rings (SSSR count). The summed E-state index contributed by atoms with van der Waals surface area (Å²) < 4.78 is 5.43. The van der Waals surface area contributed by atoms with Crippen molar-refractivity contribution in [2.45, 2.75) is 32.1 Å². The molecule has 1 atom stereocenters. The molecular formula is C18H24N2O2. The van der Waals surface area contributed by atoms with Crippen LogP contribution in [-0.2, 0) is 16.0 Å². The fraction of sp³-hybridized carbons (Fsp3) is 0.500. The summed E-state index contributed by atoms with van der Waals surface area (Å²) in [6.45, 7) is 2.41. The Morgan fingerprint density at radius 1 is 1.36 bits per heavy atom. The zero-order chi connectivity index (χ0) is 15.2. The number of carbonyl (C=O) groups excluding carboxylic acids is 1. The largest absolute Gasteiger partial charge is 0.381 e. The van der Waals surface area contributed by atoms with Crippen LogP contribution in [0.5, 0.6) is 0 Å². The van der Waals surface area contributed by atoms with Gasteiger partial charge in [-0.2, -0.15) is 0 Å². The minimum absolute atomic E-state index is 0.158. The number of amides is 1. The van der Waals surface area contributed by atoms with Gasteiger partial charge in [0.25, 0.3) is 0 Å². The molecule has 1 saturated heterocycles. The Morgan fingerprint density at radius 2 is 2.27 bits per heavy atom. The van der Waals surface area contributed by atoms with E-state index in [1.807, 2.05) is 6.07 Å². The van der Waals surface area contributed by atoms with Gasteiger partial charge in [-0.25, -0.2) is 0 Å². The van der Waals surface area contributed by atoms with Crippen molar-refractivity contribution in [1.82, 2.24) is 10.3 Å². The van der Waals surface area contributed by atoms with E-state index in [9.17, 15) is 4.79 Å². The van der Waals surface area contributed by atoms with Gasteiger partial charge in [0.1, 0.15) is 0 Å². The van der Waals surface area contributed by atoms with Crippen molar-refractivity contribution in [2.24, 2.45) is 5.92 Å². The Hall–Kier alpha value is -1.81. The fourth-order valence-electron chi connectivity index (χ4n) is 3.09. The first-order valence-electron chi connectivity index (χ1n) is 8.22. The molecule has 0 bridgehead atoms. The minimum Gasteiger partial charge on any atom is -0.381 e. The van der Waals surface area contributed by atoms with Crippen LogP contribution in [0.1, 0.15) is 31.2 Å². The molecule has 118 valence electrons. The highest BCUT2D eigenvalue weighted by atomic mass is 16.5. The number of fused-ring (bicyclic) bond motifs is 1. The number of aryl methyl sites for hydroxylation is 1. The molecule has 0 radical (unpaired) electrons. The number of hydrogen-bond donors (Lipinski definition) is 2. The van der Waals surface area contributed by atoms with Gasteiger partial charge in [0.05, 0.1) is 6.61 Å². The van der Waals surface area contributed by atoms with Gasteiger partial charge in [-0.05, 0) is 43.2 Å². The topological polar surface area (TPSA) is 54.1 Å². The van der Waals surface area contributed by atoms with Gasteiger partial charge in [0, 0.05) is 36.7 Å². The number of aromatic nitrogens is 1. The second-order valence-electron chi connectivity index (χ2n) is 6.10. The van der Waals surface area contributed by atoms with Gasteiger partial charge in [-0.1, -0.05) is 18.2 Å². The summed E-state index contributed by atoms with van der Waals surface area (Å²) in [5, 5.41) is 4.31. The van der Waals surface area contributed by atoms with Gasteiger partial charge in [0.15, 0.2) is 0 Å². The van der Waals surface area contributed by atoms with Crippen molar-refractivity contribution in [3.8, 4) is 0 Å². The van der Waals surface area contributed by atoms with Crippen LogP contribution in [-0.4, -0.2) is 30.6 Å². The zero-order valence-electron chi connectivity index (χ0n) is 12.9. The van der Waals surface area contributed by atoms with Crippen molar-refractivity contribution in [1.29, 1.82) is 0 Å². The van der Waals surface area contributed by atoms with E-state index in [0.717, 1.165) is 45.4 Å². The Balaban J connectivity index is 1.40. The summed E-state index contributed by atoms with van der Waals surface area (Å²) in [5.41, 5.74) is 2.46. The first-order chi connectivity index (χ1) is 10.8. The molecule has 4 nitrogen and oxygen atoms in total. The van der Waals surface area contributed by atoms with Gasteiger partial charge in [-0.15, -0.1) is 0 Å². The van der Waals surface area contributed by atoms with Crippen LogP contribution in [0.3, 0.4) is 0 Å². The number of ether oxygens (including phenoxy) is 1. The van der Waals surface area contributed by atoms with E-state index >= 15 is 0 Å². The third kappa shape index (κ3) is 3.89. The van der Waals surface area contributed by atoms with Crippen molar-refractivity contribution in [3.63, 3.8) is 0 Å². The fourth-order valence-corrected chi connectivity index (χ4v) is 3.09. The predicted octanol–water partition coefficient (Wildman–Crippen LogP) is 3.03. The molecule has 0 aliphatic carbocycles. The van der Waals surface area contributed by atoms with Gasteiger partial charge >= 0.3 is 0 Å². The number of nitrogens with one attached hydrogen (secondary N) is 2. The maximum absolute atomic E-state index is 11.9. The summed E-state index contributed by atoms with van der Waals surface area (Å²) in [6, 6.07) is 8.30. The molecule has 1 aromatic carbocycles. The standard InChI is InChI=1S/C18H24N2O2/c21-18(20-11-14-5-4-10-22-13-14)9-3-6-15-12-19-17-8-2-1-7-16(15)17/h1-2,7-8,12,14,19H,3-6,9-11,13H2,(H,20,21)/t14-/m0/s1. The molecule has 2 aromatic rings. The Kier molecular flexibility index (Phi) is 5.11. The molecule has 0 unspecified atom stereocenters. The molecule has 2 N–H and O–H groups in total. The smallest absolute Gasteiger partial charge is 0.220 e. The highest BCUT2D eigenvalue weighted by molar-refractivity contribution is 5.83. The van der Waals surface area contributed by atoms with Crippen molar-refractivity contribution in [2.75, 3.05) is 19.8 Å². The second-order valence-corrected chi connectivity index (χ2v) is 6.10. The van der Waals surface area contributed by atoms with E-state index in [2.05, 4.69) is 34.7 Å². The lowest BCUT2D eigenvalue weighted by Crippen LogP contribution is -2.33. The van der Waals surface area contributed by atoms with Crippen LogP contribution in [0.4, 0.5) is 0 Å². The molecular weight excluding hydrogens is 276 g/mol. The third-order valence-electron chi connectivity index (χ3n) is 4.37. The molecule has 2 heterocycles. The lowest BCUT2D eigenvalue weighted by atomic mass is 10.0. The molecule has 0 saturated carbocycles. The predicted molar refractivity (Wildman–Crippen MR) is 87.8 cm³/mol. The molecule has 1 amide bonds. The minimum atomic E-state index is 0.158. The Morgan fingerprint density at radius 3 is 3.14 bits per heavy atom. The Bertz CT molecular complexity index is 614. The van der Waals surface area contributed by atoms with Gasteiger partial charge in [0.2, 0.25) is 5.91 Å². The molecule has 22 heavy (non-hydrogen) atoms. The molecule has 1 aliphatic heterocycles. The Labute approximate surface area is 131 Å². The average molecular weight is 300 g/mol. The summed E-state index contributed by atoms with van der Waals surface area (Å²) in [4.78, 5) is 15.2. The molecule has 1 fully saturated rings. The average Bonchev–Trinajstić information content (AvgIpc) is 2.97. The van der Waals surface area contributed by atoms with Crippen LogP contribution in [0.15, 0.2) is 30.5 Å². The first kappa shape index (κ1) is 15.1. The summed E-state index contributed by atoms with van der Waals surface area (Å²) >= 11 is 0. The summed E-state index contributed by atoms with van der Waals surface area (Å²) in [7, 11) is 0. The SMILES string of the molecule is O=C(CCCc1c[nH]c2ccccc12)NC[C@@H]1CCCOC1. The van der Waals surface area contributed by atoms with Crippen LogP contribution >= 0.6 is 0 Å². The van der Waals surface area contributed by atoms with Crippen molar-refractivity contribution >= 4 is 16.8 Å².